The largest absolute Gasteiger partial charge is 0.403 e. The highest BCUT2D eigenvalue weighted by Crippen LogP contribution is 2.25. The topological polar surface area (TPSA) is 35.6 Å². The molecule has 118 valence electrons. The van der Waals surface area contributed by atoms with Crippen molar-refractivity contribution >= 4 is 17.8 Å². The third kappa shape index (κ3) is 5.05. The van der Waals surface area contributed by atoms with Crippen molar-refractivity contribution < 1.29 is 18.0 Å². The van der Waals surface area contributed by atoms with E-state index in [0.29, 0.717) is 13.1 Å². The lowest BCUT2D eigenvalue weighted by Crippen LogP contribution is -2.57. The van der Waals surface area contributed by atoms with Gasteiger partial charge in [-0.05, 0) is 20.1 Å². The molecule has 1 rings (SSSR count). The average Bonchev–Trinajstić information content (AvgIpc) is 2.37. The molecule has 1 aliphatic rings. The molecular formula is C12H22F3N3OS. The summed E-state index contributed by atoms with van der Waals surface area (Å²) in [6.07, 6.45) is -2.25. The fourth-order valence-electron chi connectivity index (χ4n) is 2.11. The van der Waals surface area contributed by atoms with Crippen LogP contribution in [-0.4, -0.2) is 72.3 Å². The molecule has 1 heterocycles. The van der Waals surface area contributed by atoms with Crippen molar-refractivity contribution in [2.24, 2.45) is 0 Å². The van der Waals surface area contributed by atoms with Crippen LogP contribution in [0.2, 0.25) is 0 Å². The van der Waals surface area contributed by atoms with E-state index in [-0.39, 0.29) is 25.2 Å². The highest BCUT2D eigenvalue weighted by molar-refractivity contribution is 7.98. The van der Waals surface area contributed by atoms with E-state index in [1.54, 1.807) is 16.7 Å². The van der Waals surface area contributed by atoms with Crippen LogP contribution < -0.4 is 5.32 Å². The lowest BCUT2D eigenvalue weighted by molar-refractivity contribution is -0.181. The first kappa shape index (κ1) is 17.4. The van der Waals surface area contributed by atoms with Crippen molar-refractivity contribution in [1.29, 1.82) is 0 Å². The molecule has 8 heteroatoms. The van der Waals surface area contributed by atoms with E-state index in [1.807, 2.05) is 13.2 Å². The molecule has 0 aromatic heterocycles. The Hall–Kier alpha value is -0.630. The van der Waals surface area contributed by atoms with Gasteiger partial charge >= 0.3 is 12.2 Å². The summed E-state index contributed by atoms with van der Waals surface area (Å²) in [6.45, 7) is 4.25. The average molecular weight is 313 g/mol. The van der Waals surface area contributed by atoms with Gasteiger partial charge < -0.3 is 10.2 Å². The van der Waals surface area contributed by atoms with Crippen LogP contribution in [-0.2, 0) is 0 Å². The fraction of sp³-hybridized carbons (Fsp3) is 0.917. The van der Waals surface area contributed by atoms with Gasteiger partial charge in [0.25, 0.3) is 0 Å². The molecule has 0 aromatic carbocycles. The summed E-state index contributed by atoms with van der Waals surface area (Å²) in [5.74, 6) is 0.816. The van der Waals surface area contributed by atoms with Crippen LogP contribution in [0.4, 0.5) is 18.0 Å². The quantitative estimate of drug-likeness (QED) is 0.862. The van der Waals surface area contributed by atoms with Crippen LogP contribution in [0.1, 0.15) is 13.8 Å². The summed E-state index contributed by atoms with van der Waals surface area (Å²) < 4.78 is 37.8. The van der Waals surface area contributed by atoms with Crippen LogP contribution in [0.5, 0.6) is 0 Å². The number of carbonyl (C=O) groups excluding carboxylic acids is 1. The molecular weight excluding hydrogens is 291 g/mol. The first-order chi connectivity index (χ1) is 9.25. The van der Waals surface area contributed by atoms with Gasteiger partial charge in [-0.25, -0.2) is 4.79 Å². The summed E-state index contributed by atoms with van der Waals surface area (Å²) in [5, 5.41) is 2.85. The minimum Gasteiger partial charge on any atom is -0.335 e. The van der Waals surface area contributed by atoms with Crippen molar-refractivity contribution in [3.63, 3.8) is 0 Å². The van der Waals surface area contributed by atoms with E-state index >= 15 is 0 Å². The Bertz CT molecular complexity index is 320. The van der Waals surface area contributed by atoms with Crippen LogP contribution >= 0.6 is 11.8 Å². The van der Waals surface area contributed by atoms with Crippen molar-refractivity contribution in [3.05, 3.63) is 0 Å². The van der Waals surface area contributed by atoms with Crippen molar-refractivity contribution in [3.8, 4) is 0 Å². The number of urea groups is 1. The molecule has 1 aliphatic heterocycles. The predicted octanol–water partition coefficient (Wildman–Crippen LogP) is 2.02. The van der Waals surface area contributed by atoms with Crippen molar-refractivity contribution in [2.45, 2.75) is 32.1 Å². The number of amides is 2. The zero-order valence-corrected chi connectivity index (χ0v) is 12.9. The number of carbonyl (C=O) groups is 1. The molecule has 0 spiro atoms. The Morgan fingerprint density at radius 2 is 1.80 bits per heavy atom. The first-order valence-electron chi connectivity index (χ1n) is 6.61. The molecule has 2 atom stereocenters. The number of nitrogens with zero attached hydrogens (tertiary/aromatic N) is 2. The van der Waals surface area contributed by atoms with Crippen LogP contribution in [0.3, 0.4) is 0 Å². The van der Waals surface area contributed by atoms with Crippen LogP contribution in [0.15, 0.2) is 0 Å². The maximum absolute atomic E-state index is 12.6. The maximum atomic E-state index is 12.6. The second-order valence-corrected chi connectivity index (χ2v) is 5.96. The van der Waals surface area contributed by atoms with E-state index in [9.17, 15) is 18.0 Å². The third-order valence-corrected chi connectivity index (χ3v) is 4.24. The van der Waals surface area contributed by atoms with Gasteiger partial charge in [0.15, 0.2) is 0 Å². The number of alkyl halides is 3. The van der Waals surface area contributed by atoms with Crippen molar-refractivity contribution in [1.82, 2.24) is 15.1 Å². The molecule has 2 amide bonds. The normalized spacial score (nSPS) is 20.6. The SMILES string of the molecule is CSC[C@@H](C)NC(=O)N1CCN([C@@H](C)C(F)(F)F)CC1. The maximum Gasteiger partial charge on any atom is 0.403 e. The van der Waals surface area contributed by atoms with Gasteiger partial charge in [0.1, 0.15) is 6.04 Å². The molecule has 0 unspecified atom stereocenters. The summed E-state index contributed by atoms with van der Waals surface area (Å²) >= 11 is 1.64. The number of halogens is 3. The van der Waals surface area contributed by atoms with Gasteiger partial charge in [-0.2, -0.15) is 24.9 Å². The summed E-state index contributed by atoms with van der Waals surface area (Å²) in [4.78, 5) is 14.9. The Morgan fingerprint density at radius 1 is 1.25 bits per heavy atom. The Morgan fingerprint density at radius 3 is 2.25 bits per heavy atom. The Labute approximate surface area is 122 Å². The number of rotatable bonds is 4. The molecule has 1 N–H and O–H groups in total. The smallest absolute Gasteiger partial charge is 0.335 e. The van der Waals surface area contributed by atoms with E-state index < -0.39 is 12.2 Å². The van der Waals surface area contributed by atoms with E-state index in [0.717, 1.165) is 12.7 Å². The molecule has 20 heavy (non-hydrogen) atoms. The van der Waals surface area contributed by atoms with Gasteiger partial charge in [0, 0.05) is 38.0 Å². The first-order valence-corrected chi connectivity index (χ1v) is 8.00. The minimum atomic E-state index is -4.21. The second-order valence-electron chi connectivity index (χ2n) is 5.05. The lowest BCUT2D eigenvalue weighted by atomic mass is 10.2. The molecule has 0 aliphatic carbocycles. The standard InChI is InChI=1S/C12H22F3N3OS/c1-9(8-20-3)16-11(19)18-6-4-17(5-7-18)10(2)12(13,14)15/h9-10H,4-8H2,1-3H3,(H,16,19)/t9-,10+/m1/s1. The van der Waals surface area contributed by atoms with E-state index in [1.165, 1.54) is 4.90 Å². The summed E-state index contributed by atoms with van der Waals surface area (Å²) in [7, 11) is 0. The molecule has 0 radical (unpaired) electrons. The lowest BCUT2D eigenvalue weighted by Gasteiger charge is -2.38. The van der Waals surface area contributed by atoms with Crippen LogP contribution in [0, 0.1) is 0 Å². The predicted molar refractivity (Wildman–Crippen MR) is 75.0 cm³/mol. The monoisotopic (exact) mass is 313 g/mol. The van der Waals surface area contributed by atoms with Crippen molar-refractivity contribution in [2.75, 3.05) is 38.2 Å². The highest BCUT2D eigenvalue weighted by atomic mass is 32.2. The molecule has 0 saturated carbocycles. The molecule has 4 nitrogen and oxygen atoms in total. The number of nitrogens with one attached hydrogen (secondary N) is 1. The van der Waals surface area contributed by atoms with Crippen LogP contribution in [0.25, 0.3) is 0 Å². The number of hydrogen-bond acceptors (Lipinski definition) is 3. The van der Waals surface area contributed by atoms with E-state index in [4.69, 9.17) is 0 Å². The number of thioether (sulfide) groups is 1. The Kier molecular flexibility index (Phi) is 6.44. The third-order valence-electron chi connectivity index (χ3n) is 3.41. The molecule has 1 fully saturated rings. The number of hydrogen-bond donors (Lipinski definition) is 1. The zero-order valence-electron chi connectivity index (χ0n) is 12.0. The fourth-order valence-corrected chi connectivity index (χ4v) is 2.70. The van der Waals surface area contributed by atoms with Gasteiger partial charge in [-0.15, -0.1) is 0 Å². The molecule has 0 bridgehead atoms. The Balaban J connectivity index is 2.40. The minimum absolute atomic E-state index is 0.0598. The molecule has 0 aromatic rings. The number of piperazine rings is 1. The summed E-state index contributed by atoms with van der Waals surface area (Å²) in [5.41, 5.74) is 0. The zero-order chi connectivity index (χ0) is 15.3. The second kappa shape index (κ2) is 7.40. The summed E-state index contributed by atoms with van der Waals surface area (Å²) in [6, 6.07) is -1.58. The van der Waals surface area contributed by atoms with E-state index in [2.05, 4.69) is 5.32 Å². The van der Waals surface area contributed by atoms with Gasteiger partial charge in [-0.1, -0.05) is 0 Å². The highest BCUT2D eigenvalue weighted by Gasteiger charge is 2.41. The van der Waals surface area contributed by atoms with Gasteiger partial charge in [0.05, 0.1) is 0 Å². The molecule has 1 saturated heterocycles. The van der Waals surface area contributed by atoms with Gasteiger partial charge in [0.2, 0.25) is 0 Å². The van der Waals surface area contributed by atoms with Gasteiger partial charge in [-0.3, -0.25) is 4.90 Å².